The van der Waals surface area contributed by atoms with Crippen molar-refractivity contribution in [3.8, 4) is 0 Å². The zero-order valence-electron chi connectivity index (χ0n) is 14.3. The molecule has 0 aliphatic rings. The zero-order valence-corrected chi connectivity index (χ0v) is 15.3. The Morgan fingerprint density at radius 2 is 0.720 bits per heavy atom. The first kappa shape index (κ1) is 17.6. The summed E-state index contributed by atoms with van der Waals surface area (Å²) in [6.07, 6.45) is 0. The first-order valence-electron chi connectivity index (χ1n) is 8.60. The molecule has 3 N–H and O–H groups in total. The summed E-state index contributed by atoms with van der Waals surface area (Å²) in [6, 6.07) is 31.6. The summed E-state index contributed by atoms with van der Waals surface area (Å²) < 4.78 is 0. The molecule has 4 heteroatoms. The van der Waals surface area contributed by atoms with Crippen LogP contribution >= 0.6 is 0 Å². The van der Waals surface area contributed by atoms with Crippen LogP contribution in [0.25, 0.3) is 0 Å². The van der Waals surface area contributed by atoms with E-state index in [9.17, 15) is 0 Å². The van der Waals surface area contributed by atoms with Gasteiger partial charge in [-0.15, -0.1) is 0 Å². The van der Waals surface area contributed by atoms with Crippen molar-refractivity contribution in [3.63, 3.8) is 0 Å². The summed E-state index contributed by atoms with van der Waals surface area (Å²) in [7, 11) is -1.09. The van der Waals surface area contributed by atoms with E-state index in [2.05, 4.69) is 106 Å². The zero-order chi connectivity index (χ0) is 17.2. The average molecular weight is 347 g/mol. The predicted molar refractivity (Wildman–Crippen MR) is 106 cm³/mol. The molecule has 0 heterocycles. The second kappa shape index (κ2) is 9.91. The lowest BCUT2D eigenvalue weighted by Gasteiger charge is -2.19. The van der Waals surface area contributed by atoms with Gasteiger partial charge >= 0.3 is 9.28 Å². The van der Waals surface area contributed by atoms with E-state index in [0.29, 0.717) is 0 Å². The second-order valence-electron chi connectivity index (χ2n) is 5.89. The SMILES string of the molecule is c1ccc(CN[Si](NCc2ccccc2)NCc2ccccc2)cc1. The van der Waals surface area contributed by atoms with Crippen LogP contribution in [-0.2, 0) is 19.6 Å². The lowest BCUT2D eigenvalue weighted by molar-refractivity contribution is 0.772. The Labute approximate surface area is 152 Å². The molecule has 0 atom stereocenters. The Balaban J connectivity index is 1.56. The highest BCUT2D eigenvalue weighted by molar-refractivity contribution is 6.50. The van der Waals surface area contributed by atoms with E-state index < -0.39 is 9.28 Å². The molecule has 0 bridgehead atoms. The van der Waals surface area contributed by atoms with Gasteiger partial charge in [-0.25, -0.2) is 0 Å². The Morgan fingerprint density at radius 3 is 1.00 bits per heavy atom. The van der Waals surface area contributed by atoms with Gasteiger partial charge < -0.3 is 14.9 Å². The largest absolute Gasteiger partial charge is 0.319 e. The molecule has 0 unspecified atom stereocenters. The number of rotatable bonds is 9. The van der Waals surface area contributed by atoms with Crippen LogP contribution in [-0.4, -0.2) is 9.28 Å². The molecule has 3 aromatic rings. The minimum absolute atomic E-state index is 0.860. The molecule has 0 amide bonds. The van der Waals surface area contributed by atoms with Crippen LogP contribution in [0.15, 0.2) is 91.0 Å². The van der Waals surface area contributed by atoms with E-state index in [1.54, 1.807) is 0 Å². The van der Waals surface area contributed by atoms with Crippen molar-refractivity contribution in [1.82, 2.24) is 14.9 Å². The van der Waals surface area contributed by atoms with Gasteiger partial charge in [-0.1, -0.05) is 91.0 Å². The van der Waals surface area contributed by atoms with Crippen molar-refractivity contribution in [3.05, 3.63) is 108 Å². The summed E-state index contributed by atoms with van der Waals surface area (Å²) in [5.41, 5.74) is 3.90. The quantitative estimate of drug-likeness (QED) is 0.520. The molecule has 0 fully saturated rings. The molecule has 127 valence electrons. The van der Waals surface area contributed by atoms with Gasteiger partial charge in [-0.05, 0) is 16.7 Å². The molecule has 3 nitrogen and oxygen atoms in total. The maximum atomic E-state index is 3.66. The van der Waals surface area contributed by atoms with Crippen LogP contribution in [0.4, 0.5) is 0 Å². The fraction of sp³-hybridized carbons (Fsp3) is 0.143. The van der Waals surface area contributed by atoms with Gasteiger partial charge in [0.25, 0.3) is 0 Å². The molecule has 0 spiro atoms. The molecule has 3 aromatic carbocycles. The van der Waals surface area contributed by atoms with E-state index in [4.69, 9.17) is 0 Å². The molecule has 3 rings (SSSR count). The fourth-order valence-electron chi connectivity index (χ4n) is 2.55. The van der Waals surface area contributed by atoms with E-state index in [1.807, 2.05) is 0 Å². The summed E-state index contributed by atoms with van der Waals surface area (Å²) in [4.78, 5) is 11.0. The van der Waals surface area contributed by atoms with Gasteiger partial charge in [-0.2, -0.15) is 0 Å². The van der Waals surface area contributed by atoms with Gasteiger partial charge in [0.05, 0.1) is 0 Å². The normalized spacial score (nSPS) is 10.9. The standard InChI is InChI=1S/C21H24N3Si/c1-4-10-19(11-5-1)16-22-25(23-17-20-12-6-2-7-13-20)24-18-21-14-8-3-9-15-21/h1-15,22-24H,16-18H2. The minimum atomic E-state index is -1.09. The maximum absolute atomic E-state index is 3.66. The number of hydrogen-bond acceptors (Lipinski definition) is 3. The lowest BCUT2D eigenvalue weighted by Crippen LogP contribution is -2.57. The third-order valence-electron chi connectivity index (χ3n) is 3.94. The average Bonchev–Trinajstić information content (AvgIpc) is 2.70. The molecule has 0 saturated carbocycles. The highest BCUT2D eigenvalue weighted by Gasteiger charge is 2.12. The van der Waals surface area contributed by atoms with Gasteiger partial charge in [0, 0.05) is 19.6 Å². The van der Waals surface area contributed by atoms with Gasteiger partial charge in [0.2, 0.25) is 0 Å². The first-order valence-corrected chi connectivity index (χ1v) is 10.1. The van der Waals surface area contributed by atoms with Crippen LogP contribution in [0.3, 0.4) is 0 Å². The molecule has 0 aliphatic carbocycles. The predicted octanol–water partition coefficient (Wildman–Crippen LogP) is 3.34. The molecule has 25 heavy (non-hydrogen) atoms. The molecule has 0 aromatic heterocycles. The number of hydrogen-bond donors (Lipinski definition) is 3. The monoisotopic (exact) mass is 346 g/mol. The summed E-state index contributed by atoms with van der Waals surface area (Å²) in [6.45, 7) is 2.58. The highest BCUT2D eigenvalue weighted by atomic mass is 28.3. The Morgan fingerprint density at radius 1 is 0.440 bits per heavy atom. The van der Waals surface area contributed by atoms with Gasteiger partial charge in [-0.3, -0.25) is 0 Å². The van der Waals surface area contributed by atoms with Crippen LogP contribution < -0.4 is 14.9 Å². The van der Waals surface area contributed by atoms with E-state index in [-0.39, 0.29) is 0 Å². The van der Waals surface area contributed by atoms with Crippen molar-refractivity contribution < 1.29 is 0 Å². The molecule has 1 radical (unpaired) electrons. The van der Waals surface area contributed by atoms with Crippen LogP contribution in [0.2, 0.25) is 0 Å². The summed E-state index contributed by atoms with van der Waals surface area (Å²) >= 11 is 0. The Hall–Kier alpha value is -2.24. The van der Waals surface area contributed by atoms with E-state index >= 15 is 0 Å². The number of nitrogens with one attached hydrogen (secondary N) is 3. The molecule has 0 aliphatic heterocycles. The molecule has 0 saturated heterocycles. The third kappa shape index (κ3) is 6.29. The first-order chi connectivity index (χ1) is 12.4. The summed E-state index contributed by atoms with van der Waals surface area (Å²) in [5.74, 6) is 0. The smallest absolute Gasteiger partial charge is 0.308 e. The third-order valence-corrected chi connectivity index (χ3v) is 5.53. The topological polar surface area (TPSA) is 36.1 Å². The van der Waals surface area contributed by atoms with Gasteiger partial charge in [0.1, 0.15) is 0 Å². The van der Waals surface area contributed by atoms with Crippen LogP contribution in [0.1, 0.15) is 16.7 Å². The lowest BCUT2D eigenvalue weighted by atomic mass is 10.2. The Kier molecular flexibility index (Phi) is 6.97. The molecular weight excluding hydrogens is 322 g/mol. The number of benzene rings is 3. The second-order valence-corrected chi connectivity index (χ2v) is 7.70. The van der Waals surface area contributed by atoms with E-state index in [1.165, 1.54) is 16.7 Å². The maximum Gasteiger partial charge on any atom is 0.319 e. The van der Waals surface area contributed by atoms with Crippen molar-refractivity contribution in [1.29, 1.82) is 0 Å². The van der Waals surface area contributed by atoms with Crippen molar-refractivity contribution >= 4 is 9.28 Å². The summed E-state index contributed by atoms with van der Waals surface area (Å²) in [5, 5.41) is 0. The minimum Gasteiger partial charge on any atom is -0.308 e. The Bertz CT molecular complexity index is 616. The van der Waals surface area contributed by atoms with Crippen LogP contribution in [0.5, 0.6) is 0 Å². The molecular formula is C21H24N3Si. The van der Waals surface area contributed by atoms with E-state index in [0.717, 1.165) is 19.6 Å². The van der Waals surface area contributed by atoms with Crippen LogP contribution in [0, 0.1) is 0 Å². The van der Waals surface area contributed by atoms with Gasteiger partial charge in [0.15, 0.2) is 0 Å². The highest BCUT2D eigenvalue weighted by Crippen LogP contribution is 2.00. The fourth-order valence-corrected chi connectivity index (χ4v) is 4.06. The van der Waals surface area contributed by atoms with Crippen molar-refractivity contribution in [2.24, 2.45) is 0 Å². The van der Waals surface area contributed by atoms with Crippen molar-refractivity contribution in [2.45, 2.75) is 19.6 Å². The van der Waals surface area contributed by atoms with Crippen molar-refractivity contribution in [2.75, 3.05) is 0 Å².